The summed E-state index contributed by atoms with van der Waals surface area (Å²) in [6.07, 6.45) is 1.15. The first-order valence-electron chi connectivity index (χ1n) is 9.90. The summed E-state index contributed by atoms with van der Waals surface area (Å²) in [5.74, 6) is -0.342. The summed E-state index contributed by atoms with van der Waals surface area (Å²) in [5.41, 5.74) is 0.625. The number of aromatic nitrogens is 1. The minimum absolute atomic E-state index is 0.138. The molecule has 0 N–H and O–H groups in total. The largest absolute Gasteiger partial charge is 0.379 e. The van der Waals surface area contributed by atoms with Gasteiger partial charge in [-0.2, -0.15) is 0 Å². The van der Waals surface area contributed by atoms with Crippen molar-refractivity contribution in [2.24, 2.45) is 0 Å². The van der Waals surface area contributed by atoms with Crippen LogP contribution >= 0.6 is 34.5 Å². The maximum atomic E-state index is 13.5. The molecule has 2 heterocycles. The van der Waals surface area contributed by atoms with Gasteiger partial charge in [-0.1, -0.05) is 40.6 Å². The van der Waals surface area contributed by atoms with E-state index in [9.17, 15) is 13.2 Å². The molecule has 0 aliphatic carbocycles. The van der Waals surface area contributed by atoms with Gasteiger partial charge >= 0.3 is 0 Å². The van der Waals surface area contributed by atoms with Crippen LogP contribution in [-0.4, -0.2) is 69.9 Å². The number of benzene rings is 2. The molecule has 0 atom stereocenters. The number of hydrogen-bond acceptors (Lipinski definition) is 7. The third-order valence-electron chi connectivity index (χ3n) is 5.15. The lowest BCUT2D eigenvalue weighted by Crippen LogP contribution is -2.43. The van der Waals surface area contributed by atoms with Crippen molar-refractivity contribution in [3.8, 4) is 0 Å². The fourth-order valence-electron chi connectivity index (χ4n) is 3.48. The molecule has 1 amide bonds. The van der Waals surface area contributed by atoms with Gasteiger partial charge in [0.1, 0.15) is 5.52 Å². The molecular formula is C21H21Cl2N3O4S2. The second-order valence-corrected chi connectivity index (χ2v) is 11.2. The van der Waals surface area contributed by atoms with Gasteiger partial charge in [0.05, 0.1) is 33.4 Å². The van der Waals surface area contributed by atoms with Crippen LogP contribution in [0.1, 0.15) is 10.4 Å². The number of morpholine rings is 1. The van der Waals surface area contributed by atoms with Gasteiger partial charge in [0.2, 0.25) is 0 Å². The number of halogens is 2. The van der Waals surface area contributed by atoms with E-state index in [4.69, 9.17) is 27.9 Å². The minimum Gasteiger partial charge on any atom is -0.379 e. The van der Waals surface area contributed by atoms with Crippen molar-refractivity contribution in [3.63, 3.8) is 0 Å². The molecule has 1 aromatic heterocycles. The number of rotatable bonds is 6. The van der Waals surface area contributed by atoms with E-state index < -0.39 is 9.84 Å². The maximum absolute atomic E-state index is 13.5. The van der Waals surface area contributed by atoms with E-state index in [0.29, 0.717) is 46.7 Å². The first kappa shape index (κ1) is 23.4. The third kappa shape index (κ3) is 5.08. The third-order valence-corrected chi connectivity index (χ3v) is 7.89. The summed E-state index contributed by atoms with van der Waals surface area (Å²) in [6.45, 7) is 3.81. The number of carbonyl (C=O) groups is 1. The summed E-state index contributed by atoms with van der Waals surface area (Å²) < 4.78 is 30.5. The fourth-order valence-corrected chi connectivity index (χ4v) is 5.77. The van der Waals surface area contributed by atoms with Gasteiger partial charge < -0.3 is 4.74 Å². The zero-order chi connectivity index (χ0) is 22.9. The summed E-state index contributed by atoms with van der Waals surface area (Å²) in [4.78, 5) is 22.0. The van der Waals surface area contributed by atoms with E-state index >= 15 is 0 Å². The quantitative estimate of drug-likeness (QED) is 0.495. The zero-order valence-electron chi connectivity index (χ0n) is 17.3. The molecule has 1 aliphatic heterocycles. The summed E-state index contributed by atoms with van der Waals surface area (Å²) in [6, 6.07) is 9.72. The highest BCUT2D eigenvalue weighted by atomic mass is 35.5. The highest BCUT2D eigenvalue weighted by molar-refractivity contribution is 7.91. The smallest absolute Gasteiger partial charge is 0.261 e. The fraction of sp³-hybridized carbons (Fsp3) is 0.333. The summed E-state index contributed by atoms with van der Waals surface area (Å²) in [5, 5.41) is 1.09. The number of para-hydroxylation sites is 1. The number of carbonyl (C=O) groups excluding carboxylic acids is 1. The lowest BCUT2D eigenvalue weighted by atomic mass is 10.2. The van der Waals surface area contributed by atoms with Gasteiger partial charge in [-0.05, 0) is 30.3 Å². The van der Waals surface area contributed by atoms with E-state index in [-0.39, 0.29) is 21.4 Å². The van der Waals surface area contributed by atoms with Crippen molar-refractivity contribution < 1.29 is 17.9 Å². The predicted octanol–water partition coefficient (Wildman–Crippen LogP) is 3.99. The van der Waals surface area contributed by atoms with Gasteiger partial charge in [0, 0.05) is 37.5 Å². The molecule has 1 saturated heterocycles. The number of ether oxygens (including phenoxy) is 1. The molecule has 0 saturated carbocycles. The van der Waals surface area contributed by atoms with Crippen LogP contribution in [0.3, 0.4) is 0 Å². The zero-order valence-corrected chi connectivity index (χ0v) is 20.4. The summed E-state index contributed by atoms with van der Waals surface area (Å²) >= 11 is 13.7. The van der Waals surface area contributed by atoms with E-state index in [2.05, 4.69) is 9.88 Å². The molecule has 11 heteroatoms. The standard InChI is InChI=1S/C21H21Cl2N3O4S2/c1-32(28,29)18-4-2-3-17-19(18)24-21(31-17)26(8-7-25-9-11-30-12-10-25)20(27)15-13-14(22)5-6-16(15)23/h2-6,13H,7-12H2,1H3. The molecule has 0 radical (unpaired) electrons. The lowest BCUT2D eigenvalue weighted by molar-refractivity contribution is 0.0391. The van der Waals surface area contributed by atoms with Crippen LogP contribution in [0.25, 0.3) is 10.2 Å². The lowest BCUT2D eigenvalue weighted by Gasteiger charge is -2.29. The van der Waals surface area contributed by atoms with Gasteiger partial charge in [-0.25, -0.2) is 13.4 Å². The van der Waals surface area contributed by atoms with Gasteiger partial charge in [-0.15, -0.1) is 0 Å². The average Bonchev–Trinajstić information content (AvgIpc) is 3.19. The van der Waals surface area contributed by atoms with E-state index in [0.717, 1.165) is 19.3 Å². The second-order valence-electron chi connectivity index (χ2n) is 7.41. The van der Waals surface area contributed by atoms with E-state index in [1.807, 2.05) is 0 Å². The number of hydrogen-bond donors (Lipinski definition) is 0. The molecule has 0 spiro atoms. The Morgan fingerprint density at radius 1 is 1.22 bits per heavy atom. The number of fused-ring (bicyclic) bond motifs is 1. The van der Waals surface area contributed by atoms with Crippen LogP contribution in [0.2, 0.25) is 10.0 Å². The molecule has 0 bridgehead atoms. The Morgan fingerprint density at radius 3 is 2.69 bits per heavy atom. The number of amides is 1. The van der Waals surface area contributed by atoms with Crippen LogP contribution in [0.4, 0.5) is 5.13 Å². The SMILES string of the molecule is CS(=O)(=O)c1cccc2sc(N(CCN3CCOCC3)C(=O)c3cc(Cl)ccc3Cl)nc12. The second kappa shape index (κ2) is 9.62. The molecule has 3 aromatic rings. The molecule has 32 heavy (non-hydrogen) atoms. The topological polar surface area (TPSA) is 79.8 Å². The highest BCUT2D eigenvalue weighted by Crippen LogP contribution is 2.34. The van der Waals surface area contributed by atoms with Crippen molar-refractivity contribution in [1.82, 2.24) is 9.88 Å². The van der Waals surface area contributed by atoms with Gasteiger partial charge in [0.15, 0.2) is 15.0 Å². The predicted molar refractivity (Wildman–Crippen MR) is 128 cm³/mol. The van der Waals surface area contributed by atoms with Gasteiger partial charge in [0.25, 0.3) is 5.91 Å². The highest BCUT2D eigenvalue weighted by Gasteiger charge is 2.26. The van der Waals surface area contributed by atoms with Crippen molar-refractivity contribution in [3.05, 3.63) is 52.0 Å². The molecule has 1 aliphatic rings. The molecule has 4 rings (SSSR count). The number of sulfone groups is 1. The maximum Gasteiger partial charge on any atom is 0.261 e. The van der Waals surface area contributed by atoms with Crippen LogP contribution in [0.5, 0.6) is 0 Å². The molecule has 7 nitrogen and oxygen atoms in total. The Balaban J connectivity index is 1.74. The summed E-state index contributed by atoms with van der Waals surface area (Å²) in [7, 11) is -3.48. The van der Waals surface area contributed by atoms with Crippen LogP contribution in [-0.2, 0) is 14.6 Å². The average molecular weight is 514 g/mol. The van der Waals surface area contributed by atoms with Gasteiger partial charge in [-0.3, -0.25) is 14.6 Å². The number of anilines is 1. The Kier molecular flexibility index (Phi) is 7.04. The van der Waals surface area contributed by atoms with Crippen LogP contribution in [0.15, 0.2) is 41.3 Å². The van der Waals surface area contributed by atoms with Crippen molar-refractivity contribution in [2.45, 2.75) is 4.90 Å². The molecule has 1 fully saturated rings. The molecule has 170 valence electrons. The Morgan fingerprint density at radius 2 is 1.97 bits per heavy atom. The van der Waals surface area contributed by atoms with Crippen molar-refractivity contribution >= 4 is 65.6 Å². The monoisotopic (exact) mass is 513 g/mol. The van der Waals surface area contributed by atoms with Crippen molar-refractivity contribution in [1.29, 1.82) is 0 Å². The van der Waals surface area contributed by atoms with Crippen LogP contribution in [0, 0.1) is 0 Å². The first-order valence-corrected chi connectivity index (χ1v) is 13.4. The molecule has 0 unspecified atom stereocenters. The Labute approximate surface area is 200 Å². The number of nitrogens with zero attached hydrogens (tertiary/aromatic N) is 3. The van der Waals surface area contributed by atoms with Crippen molar-refractivity contribution in [2.75, 3.05) is 50.5 Å². The first-order chi connectivity index (χ1) is 15.2. The Bertz CT molecular complexity index is 1260. The normalized spacial score (nSPS) is 15.2. The number of thiazole rings is 1. The molecular weight excluding hydrogens is 493 g/mol. The van der Waals surface area contributed by atoms with Crippen LogP contribution < -0.4 is 4.90 Å². The molecule has 2 aromatic carbocycles. The minimum atomic E-state index is -3.48. The Hall–Kier alpha value is -1.75. The van der Waals surface area contributed by atoms with E-state index in [1.54, 1.807) is 29.2 Å². The van der Waals surface area contributed by atoms with E-state index in [1.165, 1.54) is 23.5 Å².